The normalized spacial score (nSPS) is 18.4. The number of likely N-dealkylation sites (tertiary alicyclic amines) is 1. The lowest BCUT2D eigenvalue weighted by molar-refractivity contribution is 0.246. The van der Waals surface area contributed by atoms with Crippen molar-refractivity contribution in [1.29, 1.82) is 0 Å². The minimum absolute atomic E-state index is 0.0927. The van der Waals surface area contributed by atoms with Gasteiger partial charge in [0.2, 0.25) is 0 Å². The van der Waals surface area contributed by atoms with E-state index in [2.05, 4.69) is 43.9 Å². The third-order valence-corrected chi connectivity index (χ3v) is 5.97. The quantitative estimate of drug-likeness (QED) is 0.325. The summed E-state index contributed by atoms with van der Waals surface area (Å²) < 4.78 is 0. The van der Waals surface area contributed by atoms with Crippen molar-refractivity contribution in [3.8, 4) is 0 Å². The van der Waals surface area contributed by atoms with Crippen molar-refractivity contribution in [2.75, 3.05) is 13.1 Å². The van der Waals surface area contributed by atoms with Crippen molar-refractivity contribution in [2.45, 2.75) is 71.7 Å². The maximum absolute atomic E-state index is 6.32. The number of alkyl halides is 1. The average molecular weight is 429 g/mol. The second-order valence-corrected chi connectivity index (χ2v) is 8.70. The van der Waals surface area contributed by atoms with Crippen molar-refractivity contribution < 1.29 is 0 Å². The molecule has 164 valence electrons. The van der Waals surface area contributed by atoms with Crippen LogP contribution in [0.1, 0.15) is 70.1 Å². The van der Waals surface area contributed by atoms with Crippen LogP contribution in [-0.4, -0.2) is 35.1 Å². The van der Waals surface area contributed by atoms with Gasteiger partial charge in [0.1, 0.15) is 5.84 Å². The molecule has 30 heavy (non-hydrogen) atoms. The standard InChI is InChI=1S/C25H37ClN4/c1-6-9-21(22-11-8-10-19(3)23(22)17-26)18-29-20(4)24(28-14-7-2)30-15-12-25(5,27)13-16-30/h7-8,10-11,14,18H,6,9,12-13,15-17,27H2,1-5H3/b14-7-,21-18+,28-24?,29-20?. The van der Waals surface area contributed by atoms with Gasteiger partial charge in [0.25, 0.3) is 0 Å². The smallest absolute Gasteiger partial charge is 0.149 e. The van der Waals surface area contributed by atoms with Crippen LogP contribution >= 0.6 is 11.6 Å². The van der Waals surface area contributed by atoms with Crippen molar-refractivity contribution in [2.24, 2.45) is 15.7 Å². The number of halogens is 1. The molecule has 2 rings (SSSR count). The summed E-state index contributed by atoms with van der Waals surface area (Å²) in [4.78, 5) is 11.9. The van der Waals surface area contributed by atoms with Gasteiger partial charge in [0.05, 0.1) is 5.71 Å². The average Bonchev–Trinajstić information content (AvgIpc) is 2.72. The highest BCUT2D eigenvalue weighted by Gasteiger charge is 2.28. The summed E-state index contributed by atoms with van der Waals surface area (Å²) >= 11 is 6.27. The fourth-order valence-electron chi connectivity index (χ4n) is 3.73. The zero-order valence-corrected chi connectivity index (χ0v) is 20.0. The summed E-state index contributed by atoms with van der Waals surface area (Å²) in [6, 6.07) is 6.36. The topological polar surface area (TPSA) is 54.0 Å². The van der Waals surface area contributed by atoms with Crippen molar-refractivity contribution in [3.63, 3.8) is 0 Å². The maximum atomic E-state index is 6.32. The van der Waals surface area contributed by atoms with Gasteiger partial charge in [-0.05, 0) is 69.2 Å². The van der Waals surface area contributed by atoms with Gasteiger partial charge in [-0.25, -0.2) is 4.99 Å². The number of rotatable bonds is 7. The summed E-state index contributed by atoms with van der Waals surface area (Å²) in [7, 11) is 0. The number of aryl methyl sites for hydroxylation is 1. The SMILES string of the molecule is C/C=C\N=C(C(C)=N/C=C(\CCC)c1cccc(C)c1CCl)N1CCC(C)(N)CC1. The van der Waals surface area contributed by atoms with Crippen LogP contribution in [0.3, 0.4) is 0 Å². The molecule has 1 aliphatic heterocycles. The lowest BCUT2D eigenvalue weighted by Gasteiger charge is -2.38. The van der Waals surface area contributed by atoms with Gasteiger partial charge in [0.15, 0.2) is 0 Å². The lowest BCUT2D eigenvalue weighted by Crippen LogP contribution is -2.51. The summed E-state index contributed by atoms with van der Waals surface area (Å²) in [5.74, 6) is 1.43. The largest absolute Gasteiger partial charge is 0.355 e. The number of nitrogens with two attached hydrogens (primary N) is 1. The predicted molar refractivity (Wildman–Crippen MR) is 132 cm³/mol. The molecule has 5 heteroatoms. The lowest BCUT2D eigenvalue weighted by atomic mass is 9.91. The molecular formula is C25H37ClN4. The molecule has 0 saturated carbocycles. The van der Waals surface area contributed by atoms with Crippen molar-refractivity contribution >= 4 is 28.7 Å². The van der Waals surface area contributed by atoms with Gasteiger partial charge >= 0.3 is 0 Å². The maximum Gasteiger partial charge on any atom is 0.149 e. The molecule has 0 aromatic heterocycles. The fraction of sp³-hybridized carbons (Fsp3) is 0.520. The Kier molecular flexibility index (Phi) is 9.32. The van der Waals surface area contributed by atoms with Gasteiger partial charge in [0, 0.05) is 36.9 Å². The van der Waals surface area contributed by atoms with Gasteiger partial charge in [-0.15, -0.1) is 11.6 Å². The number of aliphatic imine (C=N–C) groups is 2. The van der Waals surface area contributed by atoms with Crippen molar-refractivity contribution in [1.82, 2.24) is 4.90 Å². The minimum Gasteiger partial charge on any atom is -0.355 e. The van der Waals surface area contributed by atoms with Gasteiger partial charge < -0.3 is 10.6 Å². The van der Waals surface area contributed by atoms with Crippen LogP contribution in [-0.2, 0) is 5.88 Å². The number of hydrogen-bond acceptors (Lipinski definition) is 3. The van der Waals surface area contributed by atoms with Gasteiger partial charge in [-0.1, -0.05) is 37.6 Å². The van der Waals surface area contributed by atoms with Crippen LogP contribution in [0.25, 0.3) is 5.57 Å². The highest BCUT2D eigenvalue weighted by Crippen LogP contribution is 2.27. The van der Waals surface area contributed by atoms with E-state index in [4.69, 9.17) is 27.3 Å². The molecule has 0 spiro atoms. The minimum atomic E-state index is -0.0927. The fourth-order valence-corrected chi connectivity index (χ4v) is 4.08. The first-order chi connectivity index (χ1) is 14.3. The molecule has 1 heterocycles. The molecule has 4 nitrogen and oxygen atoms in total. The van der Waals surface area contributed by atoms with E-state index in [1.54, 1.807) is 0 Å². The molecule has 1 aliphatic rings. The highest BCUT2D eigenvalue weighted by atomic mass is 35.5. The van der Waals surface area contributed by atoms with Gasteiger partial charge in [-0.2, -0.15) is 0 Å². The summed E-state index contributed by atoms with van der Waals surface area (Å²) in [6.07, 6.45) is 9.71. The Morgan fingerprint density at radius 3 is 2.57 bits per heavy atom. The zero-order valence-electron chi connectivity index (χ0n) is 19.2. The molecule has 1 aromatic carbocycles. The Balaban J connectivity index is 2.38. The summed E-state index contributed by atoms with van der Waals surface area (Å²) in [6.45, 7) is 12.2. The van der Waals surface area contributed by atoms with Crippen LogP contribution in [0.2, 0.25) is 0 Å². The molecule has 0 unspecified atom stereocenters. The third-order valence-electron chi connectivity index (χ3n) is 5.70. The molecule has 0 radical (unpaired) electrons. The second kappa shape index (κ2) is 11.5. The van der Waals surface area contributed by atoms with E-state index in [1.165, 1.54) is 22.3 Å². The number of piperidine rings is 1. The first-order valence-electron chi connectivity index (χ1n) is 10.9. The number of nitrogens with zero attached hydrogens (tertiary/aromatic N) is 3. The van der Waals surface area contributed by atoms with E-state index in [0.717, 1.165) is 50.3 Å². The van der Waals surface area contributed by atoms with Crippen LogP contribution in [0.15, 0.2) is 46.7 Å². The molecule has 1 aromatic rings. The molecule has 1 saturated heterocycles. The first-order valence-corrected chi connectivity index (χ1v) is 11.5. The highest BCUT2D eigenvalue weighted by molar-refractivity contribution is 6.40. The van der Waals surface area contributed by atoms with E-state index in [9.17, 15) is 0 Å². The molecule has 2 N–H and O–H groups in total. The Morgan fingerprint density at radius 2 is 1.97 bits per heavy atom. The summed E-state index contributed by atoms with van der Waals surface area (Å²) in [5, 5.41) is 0. The Morgan fingerprint density at radius 1 is 1.27 bits per heavy atom. The van der Waals surface area contributed by atoms with E-state index >= 15 is 0 Å². The molecule has 1 fully saturated rings. The van der Waals surface area contributed by atoms with E-state index in [1.807, 2.05) is 32.3 Å². The molecule has 0 amide bonds. The Hall–Kier alpha value is -1.91. The van der Waals surface area contributed by atoms with Crippen LogP contribution in [0.5, 0.6) is 0 Å². The van der Waals surface area contributed by atoms with Crippen LogP contribution in [0, 0.1) is 6.92 Å². The Bertz CT molecular complexity index is 824. The molecular weight excluding hydrogens is 392 g/mol. The molecule has 0 aliphatic carbocycles. The first kappa shape index (κ1) is 24.4. The van der Waals surface area contributed by atoms with Crippen LogP contribution < -0.4 is 5.73 Å². The van der Waals surface area contributed by atoms with Gasteiger partial charge in [-0.3, -0.25) is 4.99 Å². The number of amidine groups is 1. The third kappa shape index (κ3) is 6.55. The van der Waals surface area contributed by atoms with E-state index in [-0.39, 0.29) is 5.54 Å². The number of allylic oxidation sites excluding steroid dienone is 2. The predicted octanol–water partition coefficient (Wildman–Crippen LogP) is 6.08. The van der Waals surface area contributed by atoms with E-state index in [0.29, 0.717) is 5.88 Å². The van der Waals surface area contributed by atoms with Crippen molar-refractivity contribution in [3.05, 3.63) is 53.4 Å². The molecule has 0 atom stereocenters. The Labute approximate surface area is 187 Å². The molecule has 0 bridgehead atoms. The second-order valence-electron chi connectivity index (χ2n) is 8.43. The monoisotopic (exact) mass is 428 g/mol. The number of hydrogen-bond donors (Lipinski definition) is 1. The zero-order chi connectivity index (χ0) is 22.1. The summed E-state index contributed by atoms with van der Waals surface area (Å²) in [5.41, 5.74) is 12.0. The number of benzene rings is 1. The van der Waals surface area contributed by atoms with Crippen LogP contribution in [0.4, 0.5) is 0 Å². The van der Waals surface area contributed by atoms with E-state index < -0.39 is 0 Å².